The van der Waals surface area contributed by atoms with Crippen LogP contribution < -0.4 is 10.6 Å². The molecule has 0 heterocycles. The highest BCUT2D eigenvalue weighted by atomic mass is 16.2. The third kappa shape index (κ3) is 8.43. The zero-order valence-electron chi connectivity index (χ0n) is 11.0. The molecule has 0 saturated heterocycles. The van der Waals surface area contributed by atoms with E-state index in [1.165, 1.54) is 0 Å². The molecule has 0 bridgehead atoms. The standard InChI is InChI=1S/C12H26N2O/c1-9(2)7-13-11(15)10(3)14-8-12(4,5)6/h9-10,14H,7-8H2,1-6H3,(H,13,15). The number of carbonyl (C=O) groups excluding carboxylic acids is 1. The second kappa shape index (κ2) is 6.11. The lowest BCUT2D eigenvalue weighted by molar-refractivity contribution is -0.123. The molecule has 1 amide bonds. The van der Waals surface area contributed by atoms with Gasteiger partial charge >= 0.3 is 0 Å². The van der Waals surface area contributed by atoms with Gasteiger partial charge in [0.2, 0.25) is 5.91 Å². The predicted molar refractivity (Wildman–Crippen MR) is 64.8 cm³/mol. The Kier molecular flexibility index (Phi) is 5.88. The second-order valence-corrected chi connectivity index (χ2v) is 5.80. The zero-order valence-corrected chi connectivity index (χ0v) is 11.0. The van der Waals surface area contributed by atoms with Gasteiger partial charge in [-0.2, -0.15) is 0 Å². The van der Waals surface area contributed by atoms with E-state index >= 15 is 0 Å². The molecule has 0 aliphatic carbocycles. The molecule has 3 nitrogen and oxygen atoms in total. The van der Waals surface area contributed by atoms with Crippen LogP contribution in [0.25, 0.3) is 0 Å². The molecule has 0 rings (SSSR count). The molecule has 2 N–H and O–H groups in total. The van der Waals surface area contributed by atoms with Crippen LogP contribution in [-0.4, -0.2) is 25.0 Å². The largest absolute Gasteiger partial charge is 0.354 e. The van der Waals surface area contributed by atoms with Crippen LogP contribution in [-0.2, 0) is 4.79 Å². The highest BCUT2D eigenvalue weighted by molar-refractivity contribution is 5.81. The van der Waals surface area contributed by atoms with Gasteiger partial charge in [0.25, 0.3) is 0 Å². The first-order chi connectivity index (χ1) is 6.72. The lowest BCUT2D eigenvalue weighted by atomic mass is 9.96. The quantitative estimate of drug-likeness (QED) is 0.732. The Morgan fingerprint density at radius 1 is 1.20 bits per heavy atom. The maximum Gasteiger partial charge on any atom is 0.236 e. The van der Waals surface area contributed by atoms with Crippen molar-refractivity contribution in [2.75, 3.05) is 13.1 Å². The van der Waals surface area contributed by atoms with Gasteiger partial charge in [-0.05, 0) is 18.3 Å². The number of hydrogen-bond donors (Lipinski definition) is 2. The highest BCUT2D eigenvalue weighted by Crippen LogP contribution is 2.10. The Bertz CT molecular complexity index is 194. The molecule has 15 heavy (non-hydrogen) atoms. The van der Waals surface area contributed by atoms with Crippen molar-refractivity contribution < 1.29 is 4.79 Å². The Balaban J connectivity index is 3.79. The van der Waals surface area contributed by atoms with Crippen LogP contribution in [0.2, 0.25) is 0 Å². The summed E-state index contributed by atoms with van der Waals surface area (Å²) in [6, 6.07) is -0.108. The molecule has 0 aliphatic rings. The van der Waals surface area contributed by atoms with E-state index in [4.69, 9.17) is 0 Å². The van der Waals surface area contributed by atoms with Crippen molar-refractivity contribution in [1.29, 1.82) is 0 Å². The zero-order chi connectivity index (χ0) is 12.1. The molecule has 0 aromatic rings. The topological polar surface area (TPSA) is 41.1 Å². The summed E-state index contributed by atoms with van der Waals surface area (Å²) in [5, 5.41) is 6.15. The van der Waals surface area contributed by atoms with Gasteiger partial charge < -0.3 is 10.6 Å². The van der Waals surface area contributed by atoms with Gasteiger partial charge in [-0.1, -0.05) is 34.6 Å². The average molecular weight is 214 g/mol. The van der Waals surface area contributed by atoms with Crippen molar-refractivity contribution in [2.45, 2.75) is 47.6 Å². The smallest absolute Gasteiger partial charge is 0.236 e. The third-order valence-corrected chi connectivity index (χ3v) is 2.02. The van der Waals surface area contributed by atoms with E-state index in [9.17, 15) is 4.79 Å². The molecule has 90 valence electrons. The summed E-state index contributed by atoms with van der Waals surface area (Å²) in [6.07, 6.45) is 0. The molecule has 0 fully saturated rings. The first-order valence-corrected chi connectivity index (χ1v) is 5.73. The van der Waals surface area contributed by atoms with Crippen LogP contribution in [0.3, 0.4) is 0 Å². The van der Waals surface area contributed by atoms with Crippen LogP contribution in [0.15, 0.2) is 0 Å². The predicted octanol–water partition coefficient (Wildman–Crippen LogP) is 1.78. The van der Waals surface area contributed by atoms with Crippen molar-refractivity contribution in [1.82, 2.24) is 10.6 Å². The van der Waals surface area contributed by atoms with Crippen LogP contribution in [0.4, 0.5) is 0 Å². The summed E-state index contributed by atoms with van der Waals surface area (Å²) in [4.78, 5) is 11.6. The van der Waals surface area contributed by atoms with Crippen LogP contribution in [0.1, 0.15) is 41.5 Å². The molecule has 1 unspecified atom stereocenters. The minimum Gasteiger partial charge on any atom is -0.354 e. The Morgan fingerprint density at radius 2 is 1.73 bits per heavy atom. The summed E-state index contributed by atoms with van der Waals surface area (Å²) in [6.45, 7) is 14.1. The van der Waals surface area contributed by atoms with Crippen molar-refractivity contribution in [3.05, 3.63) is 0 Å². The summed E-state index contributed by atoms with van der Waals surface area (Å²) in [5.41, 5.74) is 0.215. The second-order valence-electron chi connectivity index (χ2n) is 5.80. The molecule has 0 radical (unpaired) electrons. The van der Waals surface area contributed by atoms with Gasteiger partial charge in [0.05, 0.1) is 6.04 Å². The molecular weight excluding hydrogens is 188 g/mol. The lowest BCUT2D eigenvalue weighted by Gasteiger charge is -2.22. The minimum absolute atomic E-state index is 0.0907. The Morgan fingerprint density at radius 3 is 2.13 bits per heavy atom. The highest BCUT2D eigenvalue weighted by Gasteiger charge is 2.16. The lowest BCUT2D eigenvalue weighted by Crippen LogP contribution is -2.45. The Hall–Kier alpha value is -0.570. The number of hydrogen-bond acceptors (Lipinski definition) is 2. The maximum absolute atomic E-state index is 11.6. The van der Waals surface area contributed by atoms with Crippen molar-refractivity contribution in [3.8, 4) is 0 Å². The van der Waals surface area contributed by atoms with Gasteiger partial charge in [-0.3, -0.25) is 4.79 Å². The molecule has 3 heteroatoms. The molecular formula is C12H26N2O. The molecule has 0 spiro atoms. The van der Waals surface area contributed by atoms with E-state index in [0.29, 0.717) is 5.92 Å². The Labute approximate surface area is 94.0 Å². The molecule has 0 aromatic carbocycles. The molecule has 1 atom stereocenters. The van der Waals surface area contributed by atoms with E-state index in [1.807, 2.05) is 6.92 Å². The normalized spacial score (nSPS) is 14.1. The van der Waals surface area contributed by atoms with E-state index in [-0.39, 0.29) is 17.4 Å². The molecule has 0 saturated carbocycles. The van der Waals surface area contributed by atoms with Crippen molar-refractivity contribution >= 4 is 5.91 Å². The SMILES string of the molecule is CC(C)CNC(=O)C(C)NCC(C)(C)C. The summed E-state index contributed by atoms with van der Waals surface area (Å²) in [5.74, 6) is 0.594. The van der Waals surface area contributed by atoms with Gasteiger partial charge in [0.1, 0.15) is 0 Å². The molecule has 0 aliphatic heterocycles. The van der Waals surface area contributed by atoms with Crippen LogP contribution in [0.5, 0.6) is 0 Å². The van der Waals surface area contributed by atoms with Crippen LogP contribution >= 0.6 is 0 Å². The fraction of sp³-hybridized carbons (Fsp3) is 0.917. The van der Waals surface area contributed by atoms with Gasteiger partial charge in [0, 0.05) is 13.1 Å². The fourth-order valence-electron chi connectivity index (χ4n) is 1.01. The van der Waals surface area contributed by atoms with E-state index in [2.05, 4.69) is 45.3 Å². The number of rotatable bonds is 5. The van der Waals surface area contributed by atoms with Gasteiger partial charge in [-0.25, -0.2) is 0 Å². The first kappa shape index (κ1) is 14.4. The van der Waals surface area contributed by atoms with E-state index in [0.717, 1.165) is 13.1 Å². The monoisotopic (exact) mass is 214 g/mol. The number of amides is 1. The minimum atomic E-state index is -0.108. The summed E-state index contributed by atoms with van der Waals surface area (Å²) < 4.78 is 0. The third-order valence-electron chi connectivity index (χ3n) is 2.02. The maximum atomic E-state index is 11.6. The van der Waals surface area contributed by atoms with Crippen molar-refractivity contribution in [2.24, 2.45) is 11.3 Å². The first-order valence-electron chi connectivity index (χ1n) is 5.73. The fourth-order valence-corrected chi connectivity index (χ4v) is 1.01. The number of carbonyl (C=O) groups is 1. The van der Waals surface area contributed by atoms with Crippen LogP contribution in [0, 0.1) is 11.3 Å². The van der Waals surface area contributed by atoms with Gasteiger partial charge in [0.15, 0.2) is 0 Å². The number of nitrogens with one attached hydrogen (secondary N) is 2. The van der Waals surface area contributed by atoms with E-state index in [1.54, 1.807) is 0 Å². The van der Waals surface area contributed by atoms with Gasteiger partial charge in [-0.15, -0.1) is 0 Å². The van der Waals surface area contributed by atoms with Crippen molar-refractivity contribution in [3.63, 3.8) is 0 Å². The summed E-state index contributed by atoms with van der Waals surface area (Å²) >= 11 is 0. The average Bonchev–Trinajstić information content (AvgIpc) is 2.08. The van der Waals surface area contributed by atoms with E-state index < -0.39 is 0 Å². The summed E-state index contributed by atoms with van der Waals surface area (Å²) in [7, 11) is 0. The molecule has 0 aromatic heterocycles.